The number of methoxy groups -OCH3 is 1. The van der Waals surface area contributed by atoms with E-state index >= 15 is 0 Å². The van der Waals surface area contributed by atoms with Crippen molar-refractivity contribution < 1.29 is 9.53 Å². The molecule has 138 valence electrons. The van der Waals surface area contributed by atoms with Crippen LogP contribution in [-0.4, -0.2) is 31.0 Å². The molecule has 0 saturated carbocycles. The third-order valence-electron chi connectivity index (χ3n) is 4.71. The van der Waals surface area contributed by atoms with Crippen molar-refractivity contribution in [3.63, 3.8) is 0 Å². The van der Waals surface area contributed by atoms with Crippen LogP contribution in [0.15, 0.2) is 42.5 Å². The van der Waals surface area contributed by atoms with E-state index in [0.717, 1.165) is 49.5 Å². The van der Waals surface area contributed by atoms with Gasteiger partial charge in [-0.2, -0.15) is 0 Å². The molecule has 0 bridgehead atoms. The van der Waals surface area contributed by atoms with E-state index in [1.54, 1.807) is 7.11 Å². The first-order valence-electron chi connectivity index (χ1n) is 8.66. The van der Waals surface area contributed by atoms with E-state index in [1.807, 2.05) is 42.5 Å². The number of nitrogens with one attached hydrogen (secondary N) is 1. The van der Waals surface area contributed by atoms with Crippen molar-refractivity contribution in [3.05, 3.63) is 58.1 Å². The Morgan fingerprint density at radius 3 is 2.42 bits per heavy atom. The fourth-order valence-corrected chi connectivity index (χ4v) is 3.49. The van der Waals surface area contributed by atoms with Gasteiger partial charge >= 0.3 is 0 Å². The highest BCUT2D eigenvalue weighted by Gasteiger charge is 2.25. The number of rotatable bonds is 5. The highest BCUT2D eigenvalue weighted by atomic mass is 35.5. The fourth-order valence-electron chi connectivity index (χ4n) is 3.17. The molecule has 1 aliphatic rings. The zero-order valence-corrected chi connectivity index (χ0v) is 16.2. The molecule has 1 N–H and O–H groups in total. The maximum Gasteiger partial charge on any atom is 0.227 e. The van der Waals surface area contributed by atoms with Crippen LogP contribution in [0.4, 0.5) is 5.69 Å². The standard InChI is InChI=1S/C20H22Cl2N2O2/c1-26-17-5-3-16(4-6-17)23-20(25)15-8-10-24(11-9-15)13-14-2-7-18(21)19(22)12-14/h2-7,12,15H,8-11,13H2,1H3,(H,23,25). The smallest absolute Gasteiger partial charge is 0.227 e. The number of anilines is 1. The molecule has 0 aliphatic carbocycles. The molecular formula is C20H22Cl2N2O2. The molecule has 4 nitrogen and oxygen atoms in total. The molecule has 1 amide bonds. The minimum atomic E-state index is 0.0437. The summed E-state index contributed by atoms with van der Waals surface area (Å²) in [4.78, 5) is 14.8. The number of halogens is 2. The Morgan fingerprint density at radius 1 is 1.12 bits per heavy atom. The quantitative estimate of drug-likeness (QED) is 0.790. The molecule has 1 aliphatic heterocycles. The zero-order chi connectivity index (χ0) is 18.5. The van der Waals surface area contributed by atoms with Gasteiger partial charge in [0.2, 0.25) is 5.91 Å². The summed E-state index contributed by atoms with van der Waals surface area (Å²) in [6, 6.07) is 13.1. The van der Waals surface area contributed by atoms with Gasteiger partial charge < -0.3 is 10.1 Å². The Morgan fingerprint density at radius 2 is 1.81 bits per heavy atom. The van der Waals surface area contributed by atoms with Crippen molar-refractivity contribution in [1.29, 1.82) is 0 Å². The number of amides is 1. The minimum absolute atomic E-state index is 0.0437. The van der Waals surface area contributed by atoms with E-state index in [1.165, 1.54) is 0 Å². The molecule has 0 aromatic heterocycles. The number of piperidine rings is 1. The van der Waals surface area contributed by atoms with Gasteiger partial charge in [0.25, 0.3) is 0 Å². The van der Waals surface area contributed by atoms with Gasteiger partial charge in [-0.1, -0.05) is 29.3 Å². The summed E-state index contributed by atoms with van der Waals surface area (Å²) in [5.74, 6) is 0.908. The second-order valence-corrected chi connectivity index (χ2v) is 7.33. The van der Waals surface area contributed by atoms with Gasteiger partial charge in [-0.15, -0.1) is 0 Å². The number of carbonyl (C=O) groups excluding carboxylic acids is 1. The zero-order valence-electron chi connectivity index (χ0n) is 14.7. The Kier molecular flexibility index (Phi) is 6.41. The van der Waals surface area contributed by atoms with Crippen molar-refractivity contribution >= 4 is 34.8 Å². The van der Waals surface area contributed by atoms with Crippen molar-refractivity contribution in [1.82, 2.24) is 4.90 Å². The van der Waals surface area contributed by atoms with Crippen LogP contribution in [0.25, 0.3) is 0 Å². The molecule has 3 rings (SSSR count). The summed E-state index contributed by atoms with van der Waals surface area (Å²) in [7, 11) is 1.62. The van der Waals surface area contributed by atoms with Crippen LogP contribution in [0.2, 0.25) is 10.0 Å². The first-order chi connectivity index (χ1) is 12.5. The van der Waals surface area contributed by atoms with Gasteiger partial charge in [-0.3, -0.25) is 9.69 Å². The number of hydrogen-bond acceptors (Lipinski definition) is 3. The average Bonchev–Trinajstić information content (AvgIpc) is 2.66. The van der Waals surface area contributed by atoms with Crippen molar-refractivity contribution in [2.24, 2.45) is 5.92 Å². The first kappa shape index (κ1) is 19.0. The summed E-state index contributed by atoms with van der Waals surface area (Å²) in [5, 5.41) is 4.15. The Hall–Kier alpha value is -1.75. The Bertz CT molecular complexity index is 757. The van der Waals surface area contributed by atoms with Crippen LogP contribution in [0.1, 0.15) is 18.4 Å². The fraction of sp³-hybridized carbons (Fsp3) is 0.350. The van der Waals surface area contributed by atoms with Crippen LogP contribution >= 0.6 is 23.2 Å². The summed E-state index contributed by atoms with van der Waals surface area (Å²) in [5.41, 5.74) is 1.94. The van der Waals surface area contributed by atoms with Gasteiger partial charge in [-0.05, 0) is 67.9 Å². The minimum Gasteiger partial charge on any atom is -0.497 e. The molecular weight excluding hydrogens is 371 g/mol. The predicted molar refractivity (Wildman–Crippen MR) is 106 cm³/mol. The second kappa shape index (κ2) is 8.76. The molecule has 1 heterocycles. The van der Waals surface area contributed by atoms with Crippen LogP contribution in [0.3, 0.4) is 0 Å². The molecule has 0 spiro atoms. The third-order valence-corrected chi connectivity index (χ3v) is 5.45. The van der Waals surface area contributed by atoms with E-state index in [2.05, 4.69) is 10.2 Å². The molecule has 6 heteroatoms. The van der Waals surface area contributed by atoms with Crippen LogP contribution in [-0.2, 0) is 11.3 Å². The maximum atomic E-state index is 12.5. The van der Waals surface area contributed by atoms with Crippen LogP contribution < -0.4 is 10.1 Å². The average molecular weight is 393 g/mol. The number of ether oxygens (including phenoxy) is 1. The van der Waals surface area contributed by atoms with Gasteiger partial charge in [0.1, 0.15) is 5.75 Å². The van der Waals surface area contributed by atoms with E-state index in [4.69, 9.17) is 27.9 Å². The molecule has 0 radical (unpaired) electrons. The molecule has 1 saturated heterocycles. The van der Waals surface area contributed by atoms with E-state index in [-0.39, 0.29) is 11.8 Å². The molecule has 0 atom stereocenters. The molecule has 26 heavy (non-hydrogen) atoms. The number of benzene rings is 2. The Labute approximate surface area is 164 Å². The molecule has 2 aromatic rings. The van der Waals surface area contributed by atoms with E-state index in [0.29, 0.717) is 10.0 Å². The van der Waals surface area contributed by atoms with Gasteiger partial charge in [-0.25, -0.2) is 0 Å². The lowest BCUT2D eigenvalue weighted by Crippen LogP contribution is -2.37. The summed E-state index contributed by atoms with van der Waals surface area (Å²) in [6.07, 6.45) is 1.70. The Balaban J connectivity index is 1.49. The molecule has 2 aromatic carbocycles. The number of carbonyl (C=O) groups is 1. The van der Waals surface area contributed by atoms with Gasteiger partial charge in [0.05, 0.1) is 17.2 Å². The maximum absolute atomic E-state index is 12.5. The summed E-state index contributed by atoms with van der Waals surface area (Å²) >= 11 is 12.0. The molecule has 0 unspecified atom stereocenters. The number of likely N-dealkylation sites (tertiary alicyclic amines) is 1. The highest BCUT2D eigenvalue weighted by molar-refractivity contribution is 6.42. The normalized spacial score (nSPS) is 15.7. The molecule has 1 fully saturated rings. The van der Waals surface area contributed by atoms with Crippen molar-refractivity contribution in [3.8, 4) is 5.75 Å². The third kappa shape index (κ3) is 4.91. The predicted octanol–water partition coefficient (Wildman–Crippen LogP) is 4.85. The summed E-state index contributed by atoms with van der Waals surface area (Å²) < 4.78 is 5.13. The SMILES string of the molecule is COc1ccc(NC(=O)C2CCN(Cc3ccc(Cl)c(Cl)c3)CC2)cc1. The van der Waals surface area contributed by atoms with Gasteiger partial charge in [0, 0.05) is 18.2 Å². The van der Waals surface area contributed by atoms with Crippen LogP contribution in [0, 0.1) is 5.92 Å². The van der Waals surface area contributed by atoms with Crippen molar-refractivity contribution in [2.75, 3.05) is 25.5 Å². The lowest BCUT2D eigenvalue weighted by atomic mass is 9.95. The number of nitrogens with zero attached hydrogens (tertiary/aromatic N) is 1. The van der Waals surface area contributed by atoms with Crippen molar-refractivity contribution in [2.45, 2.75) is 19.4 Å². The number of hydrogen-bond donors (Lipinski definition) is 1. The van der Waals surface area contributed by atoms with E-state index in [9.17, 15) is 4.79 Å². The lowest BCUT2D eigenvalue weighted by Gasteiger charge is -2.31. The largest absolute Gasteiger partial charge is 0.497 e. The highest BCUT2D eigenvalue weighted by Crippen LogP contribution is 2.25. The lowest BCUT2D eigenvalue weighted by molar-refractivity contribution is -0.121. The monoisotopic (exact) mass is 392 g/mol. The second-order valence-electron chi connectivity index (χ2n) is 6.52. The van der Waals surface area contributed by atoms with Crippen LogP contribution in [0.5, 0.6) is 5.75 Å². The topological polar surface area (TPSA) is 41.6 Å². The summed E-state index contributed by atoms with van der Waals surface area (Å²) in [6.45, 7) is 2.60. The first-order valence-corrected chi connectivity index (χ1v) is 9.42. The van der Waals surface area contributed by atoms with Gasteiger partial charge in [0.15, 0.2) is 0 Å². The van der Waals surface area contributed by atoms with E-state index < -0.39 is 0 Å².